The molecule has 12 heteroatoms. The highest BCUT2D eigenvalue weighted by atomic mass is 33.1. The Morgan fingerprint density at radius 2 is 1.84 bits per heavy atom. The van der Waals surface area contributed by atoms with Crippen molar-refractivity contribution < 1.29 is 44.5 Å². The van der Waals surface area contributed by atoms with Gasteiger partial charge in [0.2, 0.25) is 6.29 Å². The Kier molecular flexibility index (Phi) is 9.13. The molecule has 2 heterocycles. The fourth-order valence-electron chi connectivity index (χ4n) is 4.83. The van der Waals surface area contributed by atoms with E-state index in [1.54, 1.807) is 19.1 Å². The summed E-state index contributed by atoms with van der Waals surface area (Å²) in [4.78, 5) is 13.1. The van der Waals surface area contributed by atoms with Gasteiger partial charge in [0.25, 0.3) is 0 Å². The summed E-state index contributed by atoms with van der Waals surface area (Å²) in [7, 11) is 4.37. The van der Waals surface area contributed by atoms with Crippen molar-refractivity contribution in [2.75, 3.05) is 25.2 Å². The monoisotopic (exact) mass is 555 g/mol. The molecule has 4 rings (SSSR count). The zero-order valence-electron chi connectivity index (χ0n) is 20.6. The van der Waals surface area contributed by atoms with Crippen LogP contribution in [0.1, 0.15) is 28.8 Å². The number of hydrogen-bond donors (Lipinski definition) is 6. The number of methoxy groups -OCH3 is 1. The van der Waals surface area contributed by atoms with Crippen molar-refractivity contribution in [2.45, 2.75) is 56.6 Å². The molecule has 0 spiro atoms. The van der Waals surface area contributed by atoms with Crippen molar-refractivity contribution in [3.05, 3.63) is 29.3 Å². The Balaban J connectivity index is 1.85. The number of Topliss-reactive ketones (excluding diaryl/α,β-unsaturated/α-hetero) is 1. The van der Waals surface area contributed by atoms with Crippen LogP contribution in [0.25, 0.3) is 10.8 Å². The second-order valence-electron chi connectivity index (χ2n) is 9.31. The van der Waals surface area contributed by atoms with Gasteiger partial charge >= 0.3 is 0 Å². The number of aryl methyl sites for hydroxylation is 1. The summed E-state index contributed by atoms with van der Waals surface area (Å²) in [6.45, 7) is 2.02. The topological polar surface area (TPSA) is 172 Å². The van der Waals surface area contributed by atoms with Gasteiger partial charge < -0.3 is 45.5 Å². The number of phenols is 1. The van der Waals surface area contributed by atoms with Crippen LogP contribution in [0.3, 0.4) is 0 Å². The van der Waals surface area contributed by atoms with Gasteiger partial charge in [-0.05, 0) is 42.8 Å². The lowest BCUT2D eigenvalue weighted by Crippen LogP contribution is -2.63. The molecule has 0 aliphatic carbocycles. The number of phenolic OH excluding ortho intramolecular Hbond substituents is 1. The van der Waals surface area contributed by atoms with Gasteiger partial charge in [0.1, 0.15) is 41.7 Å². The number of hydrogen-bond acceptors (Lipinski definition) is 12. The fraction of sp³-hybridized carbons (Fsp3) is 0.560. The first-order valence-corrected chi connectivity index (χ1v) is 14.5. The normalized spacial score (nSPS) is 31.3. The predicted octanol–water partition coefficient (Wildman–Crippen LogP) is 1.34. The first kappa shape index (κ1) is 28.2. The molecule has 0 saturated carbocycles. The Labute approximate surface area is 222 Å². The maximum absolute atomic E-state index is 13.1. The van der Waals surface area contributed by atoms with Crippen LogP contribution in [-0.4, -0.2) is 93.3 Å². The van der Waals surface area contributed by atoms with E-state index < -0.39 is 42.7 Å². The lowest BCUT2D eigenvalue weighted by molar-refractivity contribution is -0.291. The number of fused-ring (bicyclic) bond motifs is 3. The molecule has 37 heavy (non-hydrogen) atoms. The summed E-state index contributed by atoms with van der Waals surface area (Å²) in [5, 5.41) is 55.1. The van der Waals surface area contributed by atoms with Crippen molar-refractivity contribution in [3.8, 4) is 17.2 Å². The zero-order valence-corrected chi connectivity index (χ0v) is 22.2. The van der Waals surface area contributed by atoms with Crippen molar-refractivity contribution in [1.82, 2.24) is 0 Å². The van der Waals surface area contributed by atoms with E-state index in [1.807, 2.05) is 0 Å². The molecule has 1 saturated heterocycles. The Hall–Kier alpha value is -1.77. The third kappa shape index (κ3) is 5.66. The predicted molar refractivity (Wildman–Crippen MR) is 141 cm³/mol. The van der Waals surface area contributed by atoms with Crippen molar-refractivity contribution in [1.29, 1.82) is 0 Å². The van der Waals surface area contributed by atoms with Gasteiger partial charge in [0, 0.05) is 24.0 Å². The molecule has 7 N–H and O–H groups in total. The molecule has 2 aliphatic rings. The van der Waals surface area contributed by atoms with Crippen LogP contribution in [0.15, 0.2) is 18.2 Å². The average molecular weight is 556 g/mol. The van der Waals surface area contributed by atoms with E-state index in [0.29, 0.717) is 34.6 Å². The quantitative estimate of drug-likeness (QED) is 0.301. The van der Waals surface area contributed by atoms with Gasteiger partial charge in [-0.15, -0.1) is 0 Å². The van der Waals surface area contributed by atoms with Gasteiger partial charge in [-0.3, -0.25) is 4.79 Å². The summed E-state index contributed by atoms with van der Waals surface area (Å²) in [6.07, 6.45) is -8.33. The third-order valence-corrected chi connectivity index (χ3v) is 9.36. The molecule has 2 aromatic rings. The molecule has 204 valence electrons. The maximum Gasteiger partial charge on any atom is 0.229 e. The Morgan fingerprint density at radius 3 is 2.54 bits per heavy atom. The van der Waals surface area contributed by atoms with E-state index in [1.165, 1.54) is 34.8 Å². The highest BCUT2D eigenvalue weighted by Gasteiger charge is 2.49. The minimum absolute atomic E-state index is 0.0392. The van der Waals surface area contributed by atoms with E-state index in [0.717, 1.165) is 0 Å². The SMILES string of the molecule is COc1cc2c3c(O)c(c(C)cc3c1)C(=O)CCSSC[C@@H](CCN)[C@@H](O)[C@H]1O[C@H](O2)[C@H](O)[C@@H](O)[C@@H]1O. The number of carbonyl (C=O) groups excluding carboxylic acids is 1. The molecular weight excluding hydrogens is 522 g/mol. The number of rotatable bonds is 3. The summed E-state index contributed by atoms with van der Waals surface area (Å²) in [5.74, 6) is 0.456. The van der Waals surface area contributed by atoms with Gasteiger partial charge in [-0.2, -0.15) is 0 Å². The molecule has 1 fully saturated rings. The number of nitrogens with two attached hydrogens (primary N) is 1. The van der Waals surface area contributed by atoms with Gasteiger partial charge in [-0.25, -0.2) is 0 Å². The minimum Gasteiger partial charge on any atom is -0.506 e. The summed E-state index contributed by atoms with van der Waals surface area (Å²) >= 11 is 0. The standard InChI is InChI=1S/C25H33NO9S2/c1-11-7-13-8-14(33-2)9-16-18(13)20(29)17(11)15(27)4-6-36-37-10-12(3-5-26)19(28)24-22(31)21(30)23(32)25(34-16)35-24/h7-9,12,19,21-25,28-32H,3-6,10,26H2,1-2H3/t12-,19-,21+,22+,23-,24-,25+/m1/s1. The van der Waals surface area contributed by atoms with E-state index in [-0.39, 0.29) is 41.2 Å². The average Bonchev–Trinajstić information content (AvgIpc) is 2.86. The second kappa shape index (κ2) is 12.0. The molecule has 10 nitrogen and oxygen atoms in total. The molecular formula is C25H33NO9S2. The van der Waals surface area contributed by atoms with Crippen LogP contribution in [0, 0.1) is 12.8 Å². The number of aliphatic hydroxyl groups is 4. The summed E-state index contributed by atoms with van der Waals surface area (Å²) < 4.78 is 17.2. The number of aliphatic hydroxyl groups excluding tert-OH is 4. The van der Waals surface area contributed by atoms with E-state index in [2.05, 4.69) is 0 Å². The lowest BCUT2D eigenvalue weighted by atomic mass is 9.88. The zero-order chi connectivity index (χ0) is 26.9. The molecule has 0 radical (unpaired) electrons. The lowest BCUT2D eigenvalue weighted by Gasteiger charge is -2.43. The van der Waals surface area contributed by atoms with Crippen LogP contribution in [0.4, 0.5) is 0 Å². The molecule has 2 aliphatic heterocycles. The van der Waals surface area contributed by atoms with Crippen LogP contribution < -0.4 is 15.2 Å². The number of carbonyl (C=O) groups is 1. The van der Waals surface area contributed by atoms with Crippen LogP contribution in [0.2, 0.25) is 0 Å². The van der Waals surface area contributed by atoms with Gasteiger partial charge in [-0.1, -0.05) is 27.7 Å². The van der Waals surface area contributed by atoms with E-state index in [4.69, 9.17) is 19.9 Å². The third-order valence-electron chi connectivity index (χ3n) is 6.85. The van der Waals surface area contributed by atoms with Gasteiger partial charge in [0.05, 0.1) is 24.2 Å². The summed E-state index contributed by atoms with van der Waals surface area (Å²) in [5.41, 5.74) is 6.52. The second-order valence-corrected chi connectivity index (χ2v) is 11.9. The largest absolute Gasteiger partial charge is 0.506 e. The number of benzene rings is 2. The van der Waals surface area contributed by atoms with Crippen LogP contribution in [-0.2, 0) is 4.74 Å². The molecule has 4 bridgehead atoms. The van der Waals surface area contributed by atoms with Crippen LogP contribution in [0.5, 0.6) is 17.2 Å². The highest BCUT2D eigenvalue weighted by Crippen LogP contribution is 2.43. The van der Waals surface area contributed by atoms with Crippen molar-refractivity contribution >= 4 is 38.1 Å². The maximum atomic E-state index is 13.1. The number of ketones is 1. The molecule has 0 unspecified atom stereocenters. The fourth-order valence-corrected chi connectivity index (χ4v) is 7.26. The Morgan fingerprint density at radius 1 is 1.08 bits per heavy atom. The van der Waals surface area contributed by atoms with E-state index in [9.17, 15) is 30.3 Å². The summed E-state index contributed by atoms with van der Waals surface area (Å²) in [6, 6.07) is 4.88. The van der Waals surface area contributed by atoms with Crippen LogP contribution >= 0.6 is 21.6 Å². The van der Waals surface area contributed by atoms with Gasteiger partial charge in [0.15, 0.2) is 5.78 Å². The first-order valence-electron chi connectivity index (χ1n) is 12.0. The first-order chi connectivity index (χ1) is 17.7. The Bertz CT molecular complexity index is 1130. The minimum atomic E-state index is -1.68. The highest BCUT2D eigenvalue weighted by molar-refractivity contribution is 8.76. The van der Waals surface area contributed by atoms with Crippen molar-refractivity contribution in [2.24, 2.45) is 11.7 Å². The molecule has 0 amide bonds. The molecule has 7 atom stereocenters. The molecule has 0 aromatic heterocycles. The van der Waals surface area contributed by atoms with E-state index >= 15 is 0 Å². The smallest absolute Gasteiger partial charge is 0.229 e. The number of aromatic hydroxyl groups is 1. The van der Waals surface area contributed by atoms with Crippen molar-refractivity contribution in [3.63, 3.8) is 0 Å². The number of ether oxygens (including phenoxy) is 3. The molecule has 2 aromatic carbocycles.